The Balaban J connectivity index is 0.00000112. The van der Waals surface area contributed by atoms with Crippen molar-refractivity contribution in [2.24, 2.45) is 0 Å². The van der Waals surface area contributed by atoms with Crippen molar-refractivity contribution in [3.05, 3.63) is 66.5 Å². The van der Waals surface area contributed by atoms with E-state index in [4.69, 9.17) is 0 Å². The van der Waals surface area contributed by atoms with E-state index < -0.39 is 0 Å². The van der Waals surface area contributed by atoms with Crippen LogP contribution in [0.25, 0.3) is 0 Å². The van der Waals surface area contributed by atoms with Crippen LogP contribution in [0.4, 0.5) is 0 Å². The number of hydrogen-bond acceptors (Lipinski definition) is 0. The fourth-order valence-corrected chi connectivity index (χ4v) is 1.49. The average Bonchev–Trinajstić information content (AvgIpc) is 2.29. The van der Waals surface area contributed by atoms with Gasteiger partial charge in [-0.2, -0.15) is 0 Å². The van der Waals surface area contributed by atoms with Gasteiger partial charge in [0.05, 0.1) is 0 Å². The SMILES string of the molecule is [Br-].c1ccc(CC[n+]2ccccc2)cc1. The van der Waals surface area contributed by atoms with Gasteiger partial charge in [-0.05, 0) is 5.56 Å². The Labute approximate surface area is 101 Å². The van der Waals surface area contributed by atoms with Crippen LogP contribution in [0.5, 0.6) is 0 Å². The van der Waals surface area contributed by atoms with Crippen molar-refractivity contribution in [2.45, 2.75) is 13.0 Å². The minimum atomic E-state index is 0. The molecule has 1 heterocycles. The molecule has 2 rings (SSSR count). The van der Waals surface area contributed by atoms with Gasteiger partial charge in [-0.25, -0.2) is 4.57 Å². The topological polar surface area (TPSA) is 3.88 Å². The third-order valence-corrected chi connectivity index (χ3v) is 2.28. The summed E-state index contributed by atoms with van der Waals surface area (Å²) in [7, 11) is 0. The maximum absolute atomic E-state index is 2.20. The summed E-state index contributed by atoms with van der Waals surface area (Å²) in [5.41, 5.74) is 1.39. The summed E-state index contributed by atoms with van der Waals surface area (Å²) in [6.07, 6.45) is 5.29. The quantitative estimate of drug-likeness (QED) is 0.640. The molecule has 0 amide bonds. The van der Waals surface area contributed by atoms with E-state index in [-0.39, 0.29) is 17.0 Å². The van der Waals surface area contributed by atoms with Gasteiger partial charge in [-0.1, -0.05) is 36.4 Å². The molecule has 1 aromatic heterocycles. The lowest BCUT2D eigenvalue weighted by Gasteiger charge is -1.97. The summed E-state index contributed by atoms with van der Waals surface area (Å²) in [6, 6.07) is 16.7. The second-order valence-corrected chi connectivity index (χ2v) is 3.35. The molecule has 0 aliphatic carbocycles. The molecule has 2 aromatic rings. The van der Waals surface area contributed by atoms with Crippen LogP contribution in [0.15, 0.2) is 60.9 Å². The Kier molecular flexibility index (Phi) is 5.05. The molecule has 0 atom stereocenters. The van der Waals surface area contributed by atoms with Crippen LogP contribution >= 0.6 is 0 Å². The zero-order valence-electron chi connectivity index (χ0n) is 8.51. The predicted octanol–water partition coefficient (Wildman–Crippen LogP) is -0.779. The van der Waals surface area contributed by atoms with E-state index in [0.29, 0.717) is 0 Å². The smallest absolute Gasteiger partial charge is 0.168 e. The van der Waals surface area contributed by atoms with Crippen LogP contribution in [0.1, 0.15) is 5.56 Å². The molecule has 0 saturated carbocycles. The molecular weight excluding hydrogens is 250 g/mol. The van der Waals surface area contributed by atoms with Crippen molar-refractivity contribution in [3.63, 3.8) is 0 Å². The average molecular weight is 264 g/mol. The van der Waals surface area contributed by atoms with E-state index >= 15 is 0 Å². The molecule has 0 radical (unpaired) electrons. The fourth-order valence-electron chi connectivity index (χ4n) is 1.49. The third-order valence-electron chi connectivity index (χ3n) is 2.28. The number of aryl methyl sites for hydroxylation is 2. The monoisotopic (exact) mass is 263 g/mol. The van der Waals surface area contributed by atoms with Gasteiger partial charge in [0.2, 0.25) is 0 Å². The van der Waals surface area contributed by atoms with Gasteiger partial charge in [0.15, 0.2) is 18.9 Å². The highest BCUT2D eigenvalue weighted by atomic mass is 79.9. The highest BCUT2D eigenvalue weighted by Gasteiger charge is 1.98. The summed E-state index contributed by atoms with van der Waals surface area (Å²) >= 11 is 0. The van der Waals surface area contributed by atoms with E-state index in [1.807, 2.05) is 6.07 Å². The van der Waals surface area contributed by atoms with Gasteiger partial charge in [-0.15, -0.1) is 0 Å². The molecule has 1 nitrogen and oxygen atoms in total. The Morgan fingerprint density at radius 1 is 0.800 bits per heavy atom. The van der Waals surface area contributed by atoms with Crippen molar-refractivity contribution in [1.82, 2.24) is 0 Å². The normalized spacial score (nSPS) is 9.33. The van der Waals surface area contributed by atoms with Gasteiger partial charge in [0, 0.05) is 18.6 Å². The molecule has 0 aliphatic heterocycles. The summed E-state index contributed by atoms with van der Waals surface area (Å²) in [5, 5.41) is 0. The molecule has 1 aromatic carbocycles. The van der Waals surface area contributed by atoms with Crippen LogP contribution in [0.3, 0.4) is 0 Å². The van der Waals surface area contributed by atoms with E-state index in [1.54, 1.807) is 0 Å². The second kappa shape index (κ2) is 6.36. The summed E-state index contributed by atoms with van der Waals surface area (Å²) in [5.74, 6) is 0. The number of benzene rings is 1. The number of aromatic nitrogens is 1. The Bertz CT molecular complexity index is 333. The predicted molar refractivity (Wildman–Crippen MR) is 56.8 cm³/mol. The summed E-state index contributed by atoms with van der Waals surface area (Å²) < 4.78 is 2.20. The summed E-state index contributed by atoms with van der Waals surface area (Å²) in [4.78, 5) is 0. The Morgan fingerprint density at radius 3 is 2.07 bits per heavy atom. The molecule has 78 valence electrons. The van der Waals surface area contributed by atoms with Crippen molar-refractivity contribution in [1.29, 1.82) is 0 Å². The number of rotatable bonds is 3. The third kappa shape index (κ3) is 3.84. The van der Waals surface area contributed by atoms with Crippen LogP contribution in [0.2, 0.25) is 0 Å². The van der Waals surface area contributed by atoms with Crippen molar-refractivity contribution in [3.8, 4) is 0 Å². The van der Waals surface area contributed by atoms with Gasteiger partial charge < -0.3 is 17.0 Å². The molecule has 0 fully saturated rings. The number of pyridine rings is 1. The highest BCUT2D eigenvalue weighted by molar-refractivity contribution is 5.14. The molecule has 0 bridgehead atoms. The van der Waals surface area contributed by atoms with Crippen LogP contribution in [0, 0.1) is 0 Å². The zero-order chi connectivity index (χ0) is 9.64. The van der Waals surface area contributed by atoms with Gasteiger partial charge in [0.25, 0.3) is 0 Å². The highest BCUT2D eigenvalue weighted by Crippen LogP contribution is 1.98. The van der Waals surface area contributed by atoms with Crippen molar-refractivity contribution < 1.29 is 21.5 Å². The molecule has 0 unspecified atom stereocenters. The lowest BCUT2D eigenvalue weighted by Crippen LogP contribution is -3.00. The standard InChI is InChI=1S/C13H14N.BrH/c1-3-7-13(8-4-1)9-12-14-10-5-2-6-11-14;/h1-8,10-11H,9,12H2;1H/q+1;/p-1. The molecule has 0 saturated heterocycles. The van der Waals surface area contributed by atoms with Crippen molar-refractivity contribution >= 4 is 0 Å². The molecule has 2 heteroatoms. The van der Waals surface area contributed by atoms with E-state index in [9.17, 15) is 0 Å². The lowest BCUT2D eigenvalue weighted by atomic mass is 10.1. The maximum Gasteiger partial charge on any atom is 0.168 e. The Hall–Kier alpha value is -1.15. The van der Waals surface area contributed by atoms with Crippen molar-refractivity contribution in [2.75, 3.05) is 0 Å². The van der Waals surface area contributed by atoms with Gasteiger partial charge >= 0.3 is 0 Å². The van der Waals surface area contributed by atoms with E-state index in [1.165, 1.54) is 5.56 Å². The molecule has 0 aliphatic rings. The van der Waals surface area contributed by atoms with Gasteiger partial charge in [-0.3, -0.25) is 0 Å². The first kappa shape index (κ1) is 11.9. The first-order chi connectivity index (χ1) is 6.95. The lowest BCUT2D eigenvalue weighted by molar-refractivity contribution is -0.696. The van der Waals surface area contributed by atoms with Crippen LogP contribution in [-0.4, -0.2) is 0 Å². The minimum Gasteiger partial charge on any atom is -1.00 e. The van der Waals surface area contributed by atoms with E-state index in [0.717, 1.165) is 13.0 Å². The summed E-state index contributed by atoms with van der Waals surface area (Å²) in [6.45, 7) is 1.05. The minimum absolute atomic E-state index is 0. The van der Waals surface area contributed by atoms with E-state index in [2.05, 4.69) is 59.4 Å². The largest absolute Gasteiger partial charge is 1.00 e. The first-order valence-corrected chi connectivity index (χ1v) is 4.93. The molecule has 0 N–H and O–H groups in total. The molecular formula is C13H14BrN. The molecule has 0 spiro atoms. The zero-order valence-corrected chi connectivity index (χ0v) is 10.1. The number of hydrogen-bond donors (Lipinski definition) is 0. The number of nitrogens with zero attached hydrogens (tertiary/aromatic N) is 1. The first-order valence-electron chi connectivity index (χ1n) is 4.93. The second-order valence-electron chi connectivity index (χ2n) is 3.35. The fraction of sp³-hybridized carbons (Fsp3) is 0.154. The molecule has 15 heavy (non-hydrogen) atoms. The maximum atomic E-state index is 2.20. The van der Waals surface area contributed by atoms with Crippen LogP contribution in [-0.2, 0) is 13.0 Å². The van der Waals surface area contributed by atoms with Gasteiger partial charge in [0.1, 0.15) is 0 Å². The van der Waals surface area contributed by atoms with Crippen LogP contribution < -0.4 is 21.5 Å². The number of halogens is 1. The Morgan fingerprint density at radius 2 is 1.40 bits per heavy atom.